The molecule has 8 rings (SSSR count). The SMILES string of the molecule is c1ccc(-n2c3ccccc3c3c(Nc4cccc([Si](c5ccccc5)(c5ccccc5)c5ccccc5)c4)cccc32)cc1. The average Bonchev–Trinajstić information content (AvgIpc) is 3.46. The molecule has 1 N–H and O–H groups in total. The molecule has 0 radical (unpaired) electrons. The van der Waals surface area contributed by atoms with E-state index in [1.54, 1.807) is 0 Å². The highest BCUT2D eigenvalue weighted by Gasteiger charge is 2.41. The average molecular weight is 593 g/mol. The summed E-state index contributed by atoms with van der Waals surface area (Å²) >= 11 is 0. The third kappa shape index (κ3) is 4.57. The summed E-state index contributed by atoms with van der Waals surface area (Å²) in [6, 6.07) is 68.3. The first-order valence-corrected chi connectivity index (χ1v) is 17.5. The van der Waals surface area contributed by atoms with E-state index in [-0.39, 0.29) is 0 Å². The molecule has 1 aromatic heterocycles. The molecule has 1 heterocycles. The summed E-state index contributed by atoms with van der Waals surface area (Å²) < 4.78 is 2.37. The van der Waals surface area contributed by atoms with Crippen LogP contribution in [0.2, 0.25) is 0 Å². The van der Waals surface area contributed by atoms with Crippen molar-refractivity contribution in [1.29, 1.82) is 0 Å². The molecule has 0 aliphatic carbocycles. The van der Waals surface area contributed by atoms with Gasteiger partial charge >= 0.3 is 0 Å². The molecule has 0 bridgehead atoms. The van der Waals surface area contributed by atoms with Gasteiger partial charge in [-0.15, -0.1) is 0 Å². The molecular weight excluding hydrogens is 561 g/mol. The van der Waals surface area contributed by atoms with Crippen molar-refractivity contribution in [2.24, 2.45) is 0 Å². The van der Waals surface area contributed by atoms with Gasteiger partial charge in [0.2, 0.25) is 0 Å². The van der Waals surface area contributed by atoms with Crippen LogP contribution in [0.15, 0.2) is 188 Å². The minimum Gasteiger partial charge on any atom is -0.355 e. The molecule has 3 heteroatoms. The van der Waals surface area contributed by atoms with Crippen molar-refractivity contribution in [1.82, 2.24) is 4.57 Å². The van der Waals surface area contributed by atoms with Crippen molar-refractivity contribution in [2.75, 3.05) is 5.32 Å². The summed E-state index contributed by atoms with van der Waals surface area (Å²) in [5.74, 6) is 0. The van der Waals surface area contributed by atoms with Gasteiger partial charge in [-0.25, -0.2) is 0 Å². The fraction of sp³-hybridized carbons (Fsp3) is 0. The van der Waals surface area contributed by atoms with Crippen LogP contribution in [0.5, 0.6) is 0 Å². The van der Waals surface area contributed by atoms with E-state index in [9.17, 15) is 0 Å². The van der Waals surface area contributed by atoms with Crippen molar-refractivity contribution in [3.63, 3.8) is 0 Å². The molecule has 0 amide bonds. The maximum atomic E-state index is 3.88. The van der Waals surface area contributed by atoms with E-state index >= 15 is 0 Å². The van der Waals surface area contributed by atoms with E-state index in [4.69, 9.17) is 0 Å². The molecule has 0 aliphatic heterocycles. The first-order valence-electron chi connectivity index (χ1n) is 15.5. The van der Waals surface area contributed by atoms with Gasteiger partial charge in [0, 0.05) is 27.8 Å². The lowest BCUT2D eigenvalue weighted by Crippen LogP contribution is -2.74. The van der Waals surface area contributed by atoms with Crippen molar-refractivity contribution in [3.8, 4) is 5.69 Å². The fourth-order valence-electron chi connectivity index (χ4n) is 7.03. The lowest BCUT2D eigenvalue weighted by Gasteiger charge is -2.34. The Bertz CT molecular complexity index is 2130. The summed E-state index contributed by atoms with van der Waals surface area (Å²) in [7, 11) is -2.63. The third-order valence-electron chi connectivity index (χ3n) is 8.91. The minimum atomic E-state index is -2.63. The normalized spacial score (nSPS) is 11.6. The number of aromatic nitrogens is 1. The number of anilines is 2. The van der Waals surface area contributed by atoms with Gasteiger partial charge in [-0.1, -0.05) is 146 Å². The van der Waals surface area contributed by atoms with E-state index in [0.29, 0.717) is 0 Å². The van der Waals surface area contributed by atoms with Crippen LogP contribution in [0.1, 0.15) is 0 Å². The fourth-order valence-corrected chi connectivity index (χ4v) is 11.8. The van der Waals surface area contributed by atoms with Crippen LogP contribution >= 0.6 is 0 Å². The Morgan fingerprint density at radius 1 is 0.400 bits per heavy atom. The van der Waals surface area contributed by atoms with Crippen LogP contribution < -0.4 is 26.1 Å². The maximum Gasteiger partial charge on any atom is 0.179 e. The number of hydrogen-bond acceptors (Lipinski definition) is 1. The number of nitrogens with one attached hydrogen (secondary N) is 1. The monoisotopic (exact) mass is 592 g/mol. The Morgan fingerprint density at radius 3 is 1.51 bits per heavy atom. The highest BCUT2D eigenvalue weighted by atomic mass is 28.3. The summed E-state index contributed by atoms with van der Waals surface area (Å²) in [6.07, 6.45) is 0. The first kappa shape index (κ1) is 26.9. The minimum absolute atomic E-state index is 1.08. The molecule has 214 valence electrons. The quantitative estimate of drug-likeness (QED) is 0.147. The van der Waals surface area contributed by atoms with Crippen LogP contribution in [0.25, 0.3) is 27.5 Å². The van der Waals surface area contributed by atoms with Gasteiger partial charge in [0.05, 0.1) is 11.0 Å². The summed E-state index contributed by atoms with van der Waals surface area (Å²) in [5.41, 5.74) is 5.72. The largest absolute Gasteiger partial charge is 0.355 e. The number of fused-ring (bicyclic) bond motifs is 3. The second-order valence-corrected chi connectivity index (χ2v) is 15.3. The van der Waals surface area contributed by atoms with Crippen molar-refractivity contribution in [3.05, 3.63) is 188 Å². The lowest BCUT2D eigenvalue weighted by atomic mass is 10.1. The predicted octanol–water partition coefficient (Wildman–Crippen LogP) is 7.90. The maximum absolute atomic E-state index is 3.88. The van der Waals surface area contributed by atoms with Crippen molar-refractivity contribution < 1.29 is 0 Å². The van der Waals surface area contributed by atoms with Crippen molar-refractivity contribution >= 4 is 62.0 Å². The molecule has 2 nitrogen and oxygen atoms in total. The van der Waals surface area contributed by atoms with Crippen LogP contribution in [0.3, 0.4) is 0 Å². The first-order chi connectivity index (χ1) is 22.3. The second-order valence-electron chi connectivity index (χ2n) is 11.4. The number of nitrogens with zero attached hydrogens (tertiary/aromatic N) is 1. The van der Waals surface area contributed by atoms with Crippen LogP contribution in [-0.2, 0) is 0 Å². The highest BCUT2D eigenvalue weighted by Crippen LogP contribution is 2.37. The van der Waals surface area contributed by atoms with Gasteiger partial charge in [-0.3, -0.25) is 0 Å². The molecule has 45 heavy (non-hydrogen) atoms. The molecule has 0 spiro atoms. The Balaban J connectivity index is 1.33. The zero-order valence-corrected chi connectivity index (χ0v) is 25.8. The Kier molecular flexibility index (Phi) is 6.86. The predicted molar refractivity (Wildman–Crippen MR) is 194 cm³/mol. The molecule has 0 saturated heterocycles. The van der Waals surface area contributed by atoms with Crippen LogP contribution in [0, 0.1) is 0 Å². The van der Waals surface area contributed by atoms with Gasteiger partial charge in [0.15, 0.2) is 8.07 Å². The Morgan fingerprint density at radius 2 is 0.889 bits per heavy atom. The van der Waals surface area contributed by atoms with Crippen LogP contribution in [0.4, 0.5) is 11.4 Å². The van der Waals surface area contributed by atoms with E-state index in [2.05, 4.69) is 198 Å². The van der Waals surface area contributed by atoms with Gasteiger partial charge in [0.25, 0.3) is 0 Å². The summed E-state index contributed by atoms with van der Waals surface area (Å²) in [5, 5.41) is 11.8. The standard InChI is InChI=1S/C42H32N2Si/c1-5-18-33(19-6-1)44-40-29-14-13-27-38(40)42-39(28-16-30-41(42)44)43-32-17-15-26-37(31-32)45(34-20-7-2-8-21-34,35-22-9-3-10-23-35)36-24-11-4-12-25-36/h1-31,43H. The third-order valence-corrected chi connectivity index (χ3v) is 13.7. The highest BCUT2D eigenvalue weighted by molar-refractivity contribution is 7.19. The molecule has 0 atom stereocenters. The second kappa shape index (κ2) is 11.5. The molecule has 0 saturated carbocycles. The van der Waals surface area contributed by atoms with E-state index in [0.717, 1.165) is 17.1 Å². The summed E-state index contributed by atoms with van der Waals surface area (Å²) in [6.45, 7) is 0. The zero-order chi connectivity index (χ0) is 30.1. The van der Waals surface area contributed by atoms with Crippen LogP contribution in [-0.4, -0.2) is 12.6 Å². The Labute approximate surface area is 264 Å². The molecule has 8 aromatic rings. The van der Waals surface area contributed by atoms with Crippen molar-refractivity contribution in [2.45, 2.75) is 0 Å². The number of benzene rings is 7. The van der Waals surface area contributed by atoms with E-state index in [1.807, 2.05) is 0 Å². The molecule has 0 fully saturated rings. The van der Waals surface area contributed by atoms with Gasteiger partial charge in [-0.05, 0) is 63.2 Å². The van der Waals surface area contributed by atoms with Gasteiger partial charge < -0.3 is 9.88 Å². The van der Waals surface area contributed by atoms with E-state index in [1.165, 1.54) is 42.6 Å². The lowest BCUT2D eigenvalue weighted by molar-refractivity contribution is 1.18. The molecular formula is C42H32N2Si. The zero-order valence-electron chi connectivity index (χ0n) is 24.8. The van der Waals surface area contributed by atoms with Gasteiger partial charge in [0.1, 0.15) is 0 Å². The van der Waals surface area contributed by atoms with Gasteiger partial charge in [-0.2, -0.15) is 0 Å². The summed E-state index contributed by atoms with van der Waals surface area (Å²) in [4.78, 5) is 0. The number of para-hydroxylation sites is 2. The Hall–Kier alpha value is -5.64. The topological polar surface area (TPSA) is 17.0 Å². The molecule has 7 aromatic carbocycles. The smallest absolute Gasteiger partial charge is 0.179 e. The molecule has 0 aliphatic rings. The number of hydrogen-bond donors (Lipinski definition) is 1. The van der Waals surface area contributed by atoms with E-state index < -0.39 is 8.07 Å². The number of rotatable bonds is 7. The molecule has 0 unspecified atom stereocenters.